The molecule has 2 N–H and O–H groups in total. The number of aromatic nitrogens is 2. The maximum absolute atomic E-state index is 13.3. The number of thioether (sulfide) groups is 1. The Hall–Kier alpha value is -1.86. The van der Waals surface area contributed by atoms with E-state index in [0.717, 1.165) is 10.5 Å². The van der Waals surface area contributed by atoms with E-state index in [9.17, 15) is 4.39 Å². The summed E-state index contributed by atoms with van der Waals surface area (Å²) >= 11 is 3.00. The Labute approximate surface area is 122 Å². The average molecular weight is 307 g/mol. The second kappa shape index (κ2) is 5.64. The van der Waals surface area contributed by atoms with Crippen molar-refractivity contribution in [1.82, 2.24) is 10.1 Å². The molecule has 2 aromatic heterocycles. The normalized spacial score (nSPS) is 10.8. The third-order valence-electron chi connectivity index (χ3n) is 2.58. The first-order chi connectivity index (χ1) is 9.72. The molecule has 1 aromatic carbocycles. The van der Waals surface area contributed by atoms with Gasteiger partial charge in [0, 0.05) is 10.3 Å². The van der Waals surface area contributed by atoms with Crippen LogP contribution in [0.4, 0.5) is 10.1 Å². The van der Waals surface area contributed by atoms with Crippen LogP contribution in [-0.2, 0) is 5.75 Å². The molecular weight excluding hydrogens is 297 g/mol. The summed E-state index contributed by atoms with van der Waals surface area (Å²) < 4.78 is 18.5. The number of hydrogen-bond acceptors (Lipinski definition) is 6. The molecule has 0 fully saturated rings. The lowest BCUT2D eigenvalue weighted by Gasteiger charge is -2.00. The van der Waals surface area contributed by atoms with Gasteiger partial charge in [0.25, 0.3) is 5.89 Å². The molecule has 7 heteroatoms. The van der Waals surface area contributed by atoms with E-state index in [4.69, 9.17) is 10.3 Å². The summed E-state index contributed by atoms with van der Waals surface area (Å²) in [7, 11) is 0. The molecule has 0 amide bonds. The number of thiophene rings is 1. The molecule has 0 saturated carbocycles. The van der Waals surface area contributed by atoms with Crippen LogP contribution in [-0.4, -0.2) is 10.1 Å². The van der Waals surface area contributed by atoms with Gasteiger partial charge < -0.3 is 10.3 Å². The first-order valence-corrected chi connectivity index (χ1v) is 7.68. The average Bonchev–Trinajstić information content (AvgIpc) is 3.09. The van der Waals surface area contributed by atoms with Gasteiger partial charge in [-0.1, -0.05) is 5.16 Å². The molecule has 0 aliphatic carbocycles. The number of anilines is 1. The number of hydrogen-bond donors (Lipinski definition) is 1. The van der Waals surface area contributed by atoms with E-state index < -0.39 is 5.82 Å². The van der Waals surface area contributed by atoms with Gasteiger partial charge in [-0.3, -0.25) is 0 Å². The smallest absolute Gasteiger partial charge is 0.258 e. The van der Waals surface area contributed by atoms with E-state index in [1.807, 2.05) is 16.8 Å². The maximum atomic E-state index is 13.3. The molecule has 0 bridgehead atoms. The molecule has 3 rings (SSSR count). The zero-order valence-corrected chi connectivity index (χ0v) is 11.9. The molecule has 0 saturated heterocycles. The molecule has 4 nitrogen and oxygen atoms in total. The monoisotopic (exact) mass is 307 g/mol. The molecule has 0 atom stereocenters. The number of nitrogens with two attached hydrogens (primary N) is 1. The highest BCUT2D eigenvalue weighted by Crippen LogP contribution is 2.26. The van der Waals surface area contributed by atoms with Crippen LogP contribution in [0.1, 0.15) is 5.82 Å². The Morgan fingerprint density at radius 1 is 1.35 bits per heavy atom. The molecule has 0 aliphatic rings. The fraction of sp³-hybridized carbons (Fsp3) is 0.0769. The van der Waals surface area contributed by atoms with Crippen molar-refractivity contribution in [3.63, 3.8) is 0 Å². The minimum absolute atomic E-state index is 0.147. The van der Waals surface area contributed by atoms with Gasteiger partial charge in [-0.15, -0.1) is 11.8 Å². The van der Waals surface area contributed by atoms with Gasteiger partial charge >= 0.3 is 0 Å². The lowest BCUT2D eigenvalue weighted by atomic mass is 10.3. The van der Waals surface area contributed by atoms with E-state index >= 15 is 0 Å². The van der Waals surface area contributed by atoms with Crippen LogP contribution < -0.4 is 5.73 Å². The van der Waals surface area contributed by atoms with Crippen molar-refractivity contribution in [1.29, 1.82) is 0 Å². The molecule has 0 spiro atoms. The van der Waals surface area contributed by atoms with Crippen LogP contribution >= 0.6 is 23.1 Å². The van der Waals surface area contributed by atoms with E-state index in [-0.39, 0.29) is 5.69 Å². The third kappa shape index (κ3) is 2.83. The maximum Gasteiger partial charge on any atom is 0.258 e. The number of halogens is 1. The van der Waals surface area contributed by atoms with Crippen molar-refractivity contribution >= 4 is 28.8 Å². The number of benzene rings is 1. The molecule has 0 aliphatic heterocycles. The third-order valence-corrected chi connectivity index (χ3v) is 4.25. The highest BCUT2D eigenvalue weighted by molar-refractivity contribution is 7.98. The minimum Gasteiger partial charge on any atom is -0.396 e. The predicted molar refractivity (Wildman–Crippen MR) is 78.0 cm³/mol. The second-order valence-electron chi connectivity index (χ2n) is 4.00. The first kappa shape index (κ1) is 13.1. The number of rotatable bonds is 4. The van der Waals surface area contributed by atoms with Gasteiger partial charge in [0.1, 0.15) is 5.82 Å². The van der Waals surface area contributed by atoms with Crippen LogP contribution in [0, 0.1) is 5.82 Å². The largest absolute Gasteiger partial charge is 0.396 e. The lowest BCUT2D eigenvalue weighted by Crippen LogP contribution is -1.90. The summed E-state index contributed by atoms with van der Waals surface area (Å²) in [6.07, 6.45) is 0. The van der Waals surface area contributed by atoms with Crippen LogP contribution in [0.15, 0.2) is 44.4 Å². The van der Waals surface area contributed by atoms with Crippen molar-refractivity contribution in [2.75, 3.05) is 5.73 Å². The fourth-order valence-corrected chi connectivity index (χ4v) is 2.96. The van der Waals surface area contributed by atoms with Crippen LogP contribution in [0.5, 0.6) is 0 Å². The Morgan fingerprint density at radius 3 is 3.00 bits per heavy atom. The van der Waals surface area contributed by atoms with Crippen molar-refractivity contribution in [2.45, 2.75) is 10.6 Å². The highest BCUT2D eigenvalue weighted by atomic mass is 32.2. The zero-order valence-electron chi connectivity index (χ0n) is 10.2. The highest BCUT2D eigenvalue weighted by Gasteiger charge is 2.09. The van der Waals surface area contributed by atoms with Crippen molar-refractivity contribution in [3.05, 3.63) is 46.7 Å². The summed E-state index contributed by atoms with van der Waals surface area (Å²) in [5, 5.41) is 7.80. The quantitative estimate of drug-likeness (QED) is 0.586. The molecule has 0 radical (unpaired) electrons. The summed E-state index contributed by atoms with van der Waals surface area (Å²) in [5.74, 6) is 1.18. The van der Waals surface area contributed by atoms with Gasteiger partial charge in [0.05, 0.1) is 17.0 Å². The summed E-state index contributed by atoms with van der Waals surface area (Å²) in [6.45, 7) is 0. The molecular formula is C13H10FN3OS2. The van der Waals surface area contributed by atoms with Crippen molar-refractivity contribution in [2.24, 2.45) is 0 Å². The molecule has 3 aromatic rings. The van der Waals surface area contributed by atoms with E-state index in [1.165, 1.54) is 17.8 Å². The molecule has 102 valence electrons. The number of nitrogen functional groups attached to an aromatic ring is 1. The Morgan fingerprint density at radius 2 is 2.25 bits per heavy atom. The van der Waals surface area contributed by atoms with Crippen LogP contribution in [0.3, 0.4) is 0 Å². The molecule has 2 heterocycles. The van der Waals surface area contributed by atoms with Crippen molar-refractivity contribution < 1.29 is 8.91 Å². The van der Waals surface area contributed by atoms with Gasteiger partial charge in [-0.2, -0.15) is 16.3 Å². The summed E-state index contributed by atoms with van der Waals surface area (Å²) in [5.41, 5.74) is 6.49. The summed E-state index contributed by atoms with van der Waals surface area (Å²) in [4.78, 5) is 5.07. The van der Waals surface area contributed by atoms with Crippen LogP contribution in [0.25, 0.3) is 11.5 Å². The lowest BCUT2D eigenvalue weighted by molar-refractivity contribution is 0.425. The molecule has 0 unspecified atom stereocenters. The second-order valence-corrected chi connectivity index (χ2v) is 5.83. The van der Waals surface area contributed by atoms with Gasteiger partial charge in [-0.05, 0) is 29.6 Å². The van der Waals surface area contributed by atoms with E-state index in [0.29, 0.717) is 17.5 Å². The SMILES string of the molecule is Nc1ccc(SCc2noc(-c3ccsc3)n2)cc1F. The Bertz CT molecular complexity index is 712. The zero-order chi connectivity index (χ0) is 13.9. The van der Waals surface area contributed by atoms with Crippen LogP contribution in [0.2, 0.25) is 0 Å². The first-order valence-electron chi connectivity index (χ1n) is 5.75. The standard InChI is InChI=1S/C13H10FN3OS2/c14-10-5-9(1-2-11(10)15)20-7-12-16-13(18-17-12)8-3-4-19-6-8/h1-6H,7,15H2. The van der Waals surface area contributed by atoms with Gasteiger partial charge in [-0.25, -0.2) is 4.39 Å². The molecule has 20 heavy (non-hydrogen) atoms. The summed E-state index contributed by atoms with van der Waals surface area (Å²) in [6, 6.07) is 6.64. The minimum atomic E-state index is -0.415. The van der Waals surface area contributed by atoms with Gasteiger partial charge in [0.15, 0.2) is 5.82 Å². The predicted octanol–water partition coefficient (Wildman–Crippen LogP) is 3.81. The topological polar surface area (TPSA) is 64.9 Å². The Kier molecular flexibility index (Phi) is 3.70. The van der Waals surface area contributed by atoms with E-state index in [1.54, 1.807) is 23.5 Å². The number of nitrogens with zero attached hydrogens (tertiary/aromatic N) is 2. The van der Waals surface area contributed by atoms with Crippen molar-refractivity contribution in [3.8, 4) is 11.5 Å². The Balaban J connectivity index is 1.68. The van der Waals surface area contributed by atoms with E-state index in [2.05, 4.69) is 10.1 Å². The fourth-order valence-electron chi connectivity index (χ4n) is 1.56. The van der Waals surface area contributed by atoms with Gasteiger partial charge in [0.2, 0.25) is 0 Å².